The first-order valence-corrected chi connectivity index (χ1v) is 12.4. The van der Waals surface area contributed by atoms with E-state index in [9.17, 15) is 9.69 Å². The number of nitrogens with two attached hydrogens (primary N) is 1. The van der Waals surface area contributed by atoms with Crippen molar-refractivity contribution in [2.45, 2.75) is 50.2 Å². The Labute approximate surface area is 192 Å². The number of hydrogen-bond acceptors (Lipinski definition) is 11. The van der Waals surface area contributed by atoms with Gasteiger partial charge in [-0.15, -0.1) is 0 Å². The molecular formula is C18H28BN7O6P+. The highest BCUT2D eigenvalue weighted by Crippen LogP contribution is 2.59. The maximum Gasteiger partial charge on any atom is 0.488 e. The van der Waals surface area contributed by atoms with Crippen molar-refractivity contribution in [2.24, 2.45) is 0 Å². The van der Waals surface area contributed by atoms with E-state index in [4.69, 9.17) is 31.8 Å². The zero-order valence-electron chi connectivity index (χ0n) is 18.3. The summed E-state index contributed by atoms with van der Waals surface area (Å²) in [6, 6.07) is 0. The third kappa shape index (κ3) is 5.53. The molecule has 33 heavy (non-hydrogen) atoms. The van der Waals surface area contributed by atoms with Crippen molar-refractivity contribution >= 4 is 38.5 Å². The maximum absolute atomic E-state index is 12.6. The van der Waals surface area contributed by atoms with E-state index in [1.54, 1.807) is 4.57 Å². The Balaban J connectivity index is 1.45. The highest BCUT2D eigenvalue weighted by atomic mass is 31.2. The summed E-state index contributed by atoms with van der Waals surface area (Å²) in [5, 5.41) is 5.86. The molecule has 2 aromatic heterocycles. The molecular weight excluding hydrogens is 452 g/mol. The van der Waals surface area contributed by atoms with E-state index in [1.165, 1.54) is 12.7 Å². The molecule has 0 spiro atoms. The summed E-state index contributed by atoms with van der Waals surface area (Å²) in [6.07, 6.45) is 2.88. The molecule has 2 radical (unpaired) electrons. The zero-order valence-corrected chi connectivity index (χ0v) is 19.2. The van der Waals surface area contributed by atoms with Crippen LogP contribution in [-0.4, -0.2) is 83.1 Å². The van der Waals surface area contributed by atoms with Crippen molar-refractivity contribution in [3.05, 3.63) is 12.7 Å². The first kappa shape index (κ1) is 24.1. The number of anilines is 1. The number of carbonyl (C=O) groups excluding carboxylic acids is 1. The molecule has 178 valence electrons. The highest BCUT2D eigenvalue weighted by molar-refractivity contribution is 7.85. The van der Waals surface area contributed by atoms with Gasteiger partial charge in [0.05, 0.1) is 6.33 Å². The van der Waals surface area contributed by atoms with Crippen LogP contribution in [0.5, 0.6) is 0 Å². The first-order valence-electron chi connectivity index (χ1n) is 10.8. The predicted octanol–water partition coefficient (Wildman–Crippen LogP) is 0.434. The van der Waals surface area contributed by atoms with Gasteiger partial charge in [-0.25, -0.2) is 24.6 Å². The number of unbranched alkanes of at least 4 members (excludes halogenated alkanes) is 3. The molecule has 15 heteroatoms. The number of hydrogen-bond donors (Lipinski definition) is 4. The van der Waals surface area contributed by atoms with Crippen LogP contribution < -0.4 is 16.4 Å². The fourth-order valence-corrected chi connectivity index (χ4v) is 4.92. The van der Waals surface area contributed by atoms with E-state index < -0.39 is 38.5 Å². The number of nitrogen functional groups attached to an aromatic ring is 1. The number of alkyl carbamates (subject to hydrolysis) is 1. The Hall–Kier alpha value is -2.09. The van der Waals surface area contributed by atoms with Gasteiger partial charge in [-0.3, -0.25) is 4.57 Å². The Morgan fingerprint density at radius 1 is 1.33 bits per heavy atom. The Bertz CT molecular complexity index is 966. The summed E-state index contributed by atoms with van der Waals surface area (Å²) in [4.78, 5) is 35.1. The molecule has 5 N–H and O–H groups in total. The second-order valence-corrected chi connectivity index (χ2v) is 9.49. The van der Waals surface area contributed by atoms with Crippen molar-refractivity contribution in [2.75, 3.05) is 32.5 Å². The quantitative estimate of drug-likeness (QED) is 0.223. The van der Waals surface area contributed by atoms with E-state index in [0.29, 0.717) is 17.7 Å². The second-order valence-electron chi connectivity index (χ2n) is 7.89. The molecule has 4 heterocycles. The highest BCUT2D eigenvalue weighted by Gasteiger charge is 2.59. The minimum atomic E-state index is -3.55. The van der Waals surface area contributed by atoms with Crippen molar-refractivity contribution in [1.82, 2.24) is 30.2 Å². The molecule has 4 rings (SSSR count). The average molecular weight is 480 g/mol. The number of fused-ring (bicyclic) bond motifs is 2. The third-order valence-electron chi connectivity index (χ3n) is 5.51. The number of aromatic nitrogens is 4. The van der Waals surface area contributed by atoms with Gasteiger partial charge in [-0.1, -0.05) is 12.8 Å². The Kier molecular flexibility index (Phi) is 7.62. The molecule has 13 nitrogen and oxygen atoms in total. The van der Waals surface area contributed by atoms with Gasteiger partial charge >= 0.3 is 21.5 Å². The maximum atomic E-state index is 12.6. The normalized spacial score (nSPS) is 29.2. The number of nitrogens with one attached hydrogen (secondary N) is 2. The molecule has 5 atom stereocenters. The van der Waals surface area contributed by atoms with Crippen LogP contribution >= 0.6 is 7.82 Å². The molecule has 1 amide bonds. The molecule has 2 aliphatic rings. The summed E-state index contributed by atoms with van der Waals surface area (Å²) < 4.78 is 24.1. The first-order chi connectivity index (χ1) is 15.9. The fraction of sp³-hybridized carbons (Fsp3) is 0.667. The molecule has 0 aromatic carbocycles. The van der Waals surface area contributed by atoms with Gasteiger partial charge < -0.3 is 25.8 Å². The van der Waals surface area contributed by atoms with E-state index >= 15 is 0 Å². The minimum absolute atomic E-state index is 0.0141. The monoisotopic (exact) mass is 480 g/mol. The topological polar surface area (TPSA) is 168 Å². The summed E-state index contributed by atoms with van der Waals surface area (Å²) in [7, 11) is 4.07. The van der Waals surface area contributed by atoms with Gasteiger partial charge in [0, 0.05) is 6.54 Å². The lowest BCUT2D eigenvalue weighted by molar-refractivity contribution is -0.0606. The average Bonchev–Trinajstić information content (AvgIpc) is 3.35. The summed E-state index contributed by atoms with van der Waals surface area (Å²) in [5.41, 5.74) is 6.68. The fourth-order valence-electron chi connectivity index (χ4n) is 3.90. The molecule has 0 bridgehead atoms. The minimum Gasteiger partial charge on any atom is -0.438 e. The molecule has 2 aliphatic heterocycles. The van der Waals surface area contributed by atoms with Crippen molar-refractivity contribution < 1.29 is 28.2 Å². The largest absolute Gasteiger partial charge is 0.488 e. The van der Waals surface area contributed by atoms with Gasteiger partial charge in [-0.05, 0) is 26.4 Å². The van der Waals surface area contributed by atoms with E-state index in [2.05, 4.69) is 25.6 Å². The summed E-state index contributed by atoms with van der Waals surface area (Å²) in [6.45, 7) is 1.43. The number of amides is 1. The SMILES string of the molecule is [B][P+]1(O)OC[C@H]2O[C@@H](n3cnc4c(N)ncnc43)C(OC(=O)NCCCCCCNC)[C@H]2O1. The lowest BCUT2D eigenvalue weighted by Crippen LogP contribution is -2.44. The molecule has 2 unspecified atom stereocenters. The van der Waals surface area contributed by atoms with Gasteiger partial charge in [0.25, 0.3) is 0 Å². The van der Waals surface area contributed by atoms with Gasteiger partial charge in [0.2, 0.25) is 0 Å². The molecule has 0 aliphatic carbocycles. The van der Waals surface area contributed by atoms with Crippen LogP contribution in [0.1, 0.15) is 31.9 Å². The smallest absolute Gasteiger partial charge is 0.438 e. The summed E-state index contributed by atoms with van der Waals surface area (Å²) in [5.74, 6) is 0.209. The summed E-state index contributed by atoms with van der Waals surface area (Å²) >= 11 is 0. The predicted molar refractivity (Wildman–Crippen MR) is 120 cm³/mol. The van der Waals surface area contributed by atoms with Crippen LogP contribution in [-0.2, 0) is 18.5 Å². The molecule has 2 aromatic rings. The molecule has 2 saturated heterocycles. The zero-order chi connectivity index (χ0) is 23.4. The van der Waals surface area contributed by atoms with Gasteiger partial charge in [0.15, 0.2) is 29.9 Å². The van der Waals surface area contributed by atoms with Crippen LogP contribution in [0.2, 0.25) is 0 Å². The van der Waals surface area contributed by atoms with Crippen LogP contribution in [0, 0.1) is 0 Å². The molecule has 0 saturated carbocycles. The van der Waals surface area contributed by atoms with Crippen molar-refractivity contribution in [1.29, 1.82) is 0 Å². The van der Waals surface area contributed by atoms with Gasteiger partial charge in [0.1, 0.15) is 24.6 Å². The number of carbonyl (C=O) groups is 1. The van der Waals surface area contributed by atoms with Crippen LogP contribution in [0.3, 0.4) is 0 Å². The third-order valence-corrected chi connectivity index (χ3v) is 6.57. The number of rotatable bonds is 9. The Morgan fingerprint density at radius 2 is 2.12 bits per heavy atom. The lowest BCUT2D eigenvalue weighted by atomic mass is 10.1. The van der Waals surface area contributed by atoms with Crippen molar-refractivity contribution in [3.63, 3.8) is 0 Å². The standard InChI is InChI=1S/C18H28BN7O6P/c1-21-6-4-2-3-5-7-22-18(27)31-14-13-11(8-29-33(19,28)32-13)30-17(14)26-10-25-12-15(20)23-9-24-16(12)26/h9-11,13-14,17,21,28H,2-8H2,1H3,(H,22,27)(H2,20,23,24)/q+1/t11-,13+,14?,17-,33?/m1/s1. The van der Waals surface area contributed by atoms with Crippen molar-refractivity contribution in [3.8, 4) is 0 Å². The number of nitrogens with zero attached hydrogens (tertiary/aromatic N) is 4. The Morgan fingerprint density at radius 3 is 2.91 bits per heavy atom. The number of imidazole rings is 1. The molecule has 2 fully saturated rings. The van der Waals surface area contributed by atoms with Crippen LogP contribution in [0.4, 0.5) is 10.6 Å². The van der Waals surface area contributed by atoms with Crippen LogP contribution in [0.15, 0.2) is 12.7 Å². The van der Waals surface area contributed by atoms with E-state index in [-0.39, 0.29) is 12.4 Å². The van der Waals surface area contributed by atoms with E-state index in [1.807, 2.05) is 7.05 Å². The second kappa shape index (κ2) is 10.5. The van der Waals surface area contributed by atoms with E-state index in [0.717, 1.165) is 32.2 Å². The van der Waals surface area contributed by atoms with Crippen LogP contribution in [0.25, 0.3) is 11.2 Å². The van der Waals surface area contributed by atoms with Gasteiger partial charge in [-0.2, -0.15) is 9.05 Å². The lowest BCUT2D eigenvalue weighted by Gasteiger charge is -2.29. The number of ether oxygens (including phenoxy) is 2.